The van der Waals surface area contributed by atoms with Crippen molar-refractivity contribution in [2.45, 2.75) is 89.5 Å². The molecule has 0 bridgehead atoms. The van der Waals surface area contributed by atoms with Crippen molar-refractivity contribution in [2.75, 3.05) is 39.6 Å². The molecule has 0 aliphatic heterocycles. The summed E-state index contributed by atoms with van der Waals surface area (Å²) in [4.78, 5) is 21.5. The van der Waals surface area contributed by atoms with E-state index in [2.05, 4.69) is 41.5 Å². The highest BCUT2D eigenvalue weighted by Gasteiger charge is 2.27. The van der Waals surface area contributed by atoms with Crippen LogP contribution in [0.3, 0.4) is 0 Å². The van der Waals surface area contributed by atoms with Gasteiger partial charge >= 0.3 is 0 Å². The molecule has 0 aromatic heterocycles. The highest BCUT2D eigenvalue weighted by atomic mass is 16.5. The molecular weight excluding hydrogens is 504 g/mol. The molecule has 0 spiro atoms. The van der Waals surface area contributed by atoms with Crippen molar-refractivity contribution >= 4 is 12.6 Å². The van der Waals surface area contributed by atoms with Crippen LogP contribution in [-0.2, 0) is 19.0 Å². The number of allylic oxidation sites excluding steroid dienone is 4. The molecule has 1 rings (SSSR count). The first kappa shape index (κ1) is 39.7. The van der Waals surface area contributed by atoms with Crippen LogP contribution in [0.5, 0.6) is 5.75 Å². The maximum Gasteiger partial charge on any atom is 0.150 e. The van der Waals surface area contributed by atoms with Gasteiger partial charge in [-0.15, -0.1) is 0 Å². The van der Waals surface area contributed by atoms with Crippen molar-refractivity contribution in [3.63, 3.8) is 0 Å². The molecule has 1 atom stereocenters. The smallest absolute Gasteiger partial charge is 0.150 e. The number of aldehydes is 2. The second-order valence-electron chi connectivity index (χ2n) is 11.5. The third-order valence-electron chi connectivity index (χ3n) is 5.84. The van der Waals surface area contributed by atoms with Crippen LogP contribution in [0.4, 0.5) is 0 Å². The Hall–Kier alpha value is -2.44. The Morgan fingerprint density at radius 3 is 1.70 bits per heavy atom. The van der Waals surface area contributed by atoms with Crippen molar-refractivity contribution in [2.24, 2.45) is 16.2 Å². The summed E-state index contributed by atoms with van der Waals surface area (Å²) in [6.45, 7) is 27.8. The lowest BCUT2D eigenvalue weighted by Gasteiger charge is -2.32. The summed E-state index contributed by atoms with van der Waals surface area (Å²) >= 11 is 0. The van der Waals surface area contributed by atoms with Crippen LogP contribution >= 0.6 is 0 Å². The Morgan fingerprint density at radius 2 is 1.23 bits per heavy atom. The molecule has 40 heavy (non-hydrogen) atoms. The average Bonchev–Trinajstić information content (AvgIpc) is 2.95. The topological polar surface area (TPSA) is 71.1 Å². The molecule has 230 valence electrons. The lowest BCUT2D eigenvalue weighted by Crippen LogP contribution is -2.34. The van der Waals surface area contributed by atoms with Gasteiger partial charge in [-0.05, 0) is 56.2 Å². The Morgan fingerprint density at radius 1 is 0.725 bits per heavy atom. The van der Waals surface area contributed by atoms with Gasteiger partial charge in [0.1, 0.15) is 18.3 Å². The van der Waals surface area contributed by atoms with Crippen molar-refractivity contribution in [1.29, 1.82) is 0 Å². The van der Waals surface area contributed by atoms with Gasteiger partial charge in [0.15, 0.2) is 0 Å². The minimum atomic E-state index is -0.155. The molecule has 0 fully saturated rings. The lowest BCUT2D eigenvalue weighted by atomic mass is 9.89. The van der Waals surface area contributed by atoms with Crippen LogP contribution in [0.25, 0.3) is 0 Å². The number of rotatable bonds is 18. The minimum absolute atomic E-state index is 0.121. The number of ether oxygens (including phenoxy) is 4. The highest BCUT2D eigenvalue weighted by Crippen LogP contribution is 2.26. The fourth-order valence-corrected chi connectivity index (χ4v) is 3.05. The lowest BCUT2D eigenvalue weighted by molar-refractivity contribution is -0.104. The van der Waals surface area contributed by atoms with E-state index in [1.807, 2.05) is 46.8 Å². The van der Waals surface area contributed by atoms with Gasteiger partial charge in [0.2, 0.25) is 0 Å². The fourth-order valence-electron chi connectivity index (χ4n) is 3.05. The summed E-state index contributed by atoms with van der Waals surface area (Å²) in [6, 6.07) is 7.14. The van der Waals surface area contributed by atoms with E-state index in [0.717, 1.165) is 30.5 Å². The minimum Gasteiger partial charge on any atom is -0.498 e. The van der Waals surface area contributed by atoms with Crippen LogP contribution in [0.15, 0.2) is 47.7 Å². The molecule has 0 saturated carbocycles. The van der Waals surface area contributed by atoms with Gasteiger partial charge in [0, 0.05) is 21.8 Å². The van der Waals surface area contributed by atoms with Crippen LogP contribution in [-0.4, -0.2) is 52.2 Å². The third-order valence-corrected chi connectivity index (χ3v) is 5.84. The molecule has 0 aliphatic rings. The fraction of sp³-hybridized carbons (Fsp3) is 0.647. The molecule has 6 nitrogen and oxygen atoms in total. The van der Waals surface area contributed by atoms with E-state index in [9.17, 15) is 9.59 Å². The number of carbonyl (C=O) groups excluding carboxylic acids is 2. The molecule has 0 heterocycles. The molecule has 1 aromatic carbocycles. The monoisotopic (exact) mass is 562 g/mol. The molecule has 0 aliphatic carbocycles. The first-order valence-electron chi connectivity index (χ1n) is 14.6. The molecule has 1 aromatic rings. The molecule has 1 unspecified atom stereocenters. The molecule has 0 amide bonds. The van der Waals surface area contributed by atoms with Crippen LogP contribution in [0, 0.1) is 16.2 Å². The van der Waals surface area contributed by atoms with Crippen molar-refractivity contribution < 1.29 is 28.5 Å². The number of benzene rings is 1. The summed E-state index contributed by atoms with van der Waals surface area (Å²) < 4.78 is 24.0. The maximum atomic E-state index is 10.8. The standard InChI is InChI=1S/C30H46O6.2C2H6/c1-9-30(8,23-36-27-14-12-26(17-32)13-15-27)22-34-19-28(4,5)18-33-20-29(6,7)21-35-25(3)11-10-24(2)16-31;2*1-2/h10-17H,9,18-23H2,1-8H3;2*1-2H3/b24-10+,25-11+;;. The summed E-state index contributed by atoms with van der Waals surface area (Å²) in [7, 11) is 0. The molecule has 6 heteroatoms. The van der Waals surface area contributed by atoms with E-state index in [0.29, 0.717) is 50.8 Å². The van der Waals surface area contributed by atoms with Crippen molar-refractivity contribution in [3.8, 4) is 5.75 Å². The van der Waals surface area contributed by atoms with Crippen LogP contribution in [0.1, 0.15) is 99.9 Å². The number of hydrogen-bond donors (Lipinski definition) is 0. The number of hydrogen-bond acceptors (Lipinski definition) is 6. The Balaban J connectivity index is 0. The summed E-state index contributed by atoms with van der Waals surface area (Å²) in [6.07, 6.45) is 6.11. The van der Waals surface area contributed by atoms with E-state index < -0.39 is 0 Å². The first-order chi connectivity index (χ1) is 18.8. The molecule has 0 radical (unpaired) electrons. The predicted molar refractivity (Wildman–Crippen MR) is 167 cm³/mol. The molecule has 0 saturated heterocycles. The Bertz CT molecular complexity index is 867. The van der Waals surface area contributed by atoms with Crippen LogP contribution < -0.4 is 4.74 Å². The van der Waals surface area contributed by atoms with E-state index in [1.165, 1.54) is 0 Å². The summed E-state index contributed by atoms with van der Waals surface area (Å²) in [5, 5.41) is 0. The highest BCUT2D eigenvalue weighted by molar-refractivity contribution is 5.74. The summed E-state index contributed by atoms with van der Waals surface area (Å²) in [5.41, 5.74) is 0.878. The van der Waals surface area contributed by atoms with E-state index in [-0.39, 0.29) is 16.2 Å². The van der Waals surface area contributed by atoms with Crippen molar-refractivity contribution in [3.05, 3.63) is 53.3 Å². The zero-order chi connectivity index (χ0) is 31.2. The van der Waals surface area contributed by atoms with Gasteiger partial charge in [-0.2, -0.15) is 0 Å². The summed E-state index contributed by atoms with van der Waals surface area (Å²) in [5.74, 6) is 1.51. The molecular formula is C34H58O6. The van der Waals surface area contributed by atoms with E-state index >= 15 is 0 Å². The van der Waals surface area contributed by atoms with Crippen molar-refractivity contribution in [1.82, 2.24) is 0 Å². The van der Waals surface area contributed by atoms with E-state index in [4.69, 9.17) is 18.9 Å². The maximum absolute atomic E-state index is 10.8. The van der Waals surface area contributed by atoms with Gasteiger partial charge in [-0.3, -0.25) is 9.59 Å². The van der Waals surface area contributed by atoms with E-state index in [1.54, 1.807) is 31.2 Å². The zero-order valence-corrected chi connectivity index (χ0v) is 27.5. The predicted octanol–water partition coefficient (Wildman–Crippen LogP) is 8.50. The quantitative estimate of drug-likeness (QED) is 0.0773. The normalized spacial score (nSPS) is 13.6. The molecule has 0 N–H and O–H groups in total. The second kappa shape index (κ2) is 21.3. The Kier molecular flexibility index (Phi) is 21.2. The van der Waals surface area contributed by atoms with Gasteiger partial charge in [-0.1, -0.05) is 75.3 Å². The van der Waals surface area contributed by atoms with Gasteiger partial charge in [0.25, 0.3) is 0 Å². The number of carbonyl (C=O) groups is 2. The average molecular weight is 563 g/mol. The van der Waals surface area contributed by atoms with Gasteiger partial charge in [0.05, 0.1) is 45.4 Å². The van der Waals surface area contributed by atoms with Gasteiger partial charge in [-0.25, -0.2) is 0 Å². The van der Waals surface area contributed by atoms with Crippen LogP contribution in [0.2, 0.25) is 0 Å². The van der Waals surface area contributed by atoms with Gasteiger partial charge < -0.3 is 18.9 Å². The third kappa shape index (κ3) is 18.8. The second-order valence-corrected chi connectivity index (χ2v) is 11.5. The largest absolute Gasteiger partial charge is 0.498 e. The Labute approximate surface area is 245 Å². The zero-order valence-electron chi connectivity index (χ0n) is 27.5. The first-order valence-corrected chi connectivity index (χ1v) is 14.6. The SMILES string of the molecule is CC.CC.CCC(C)(COCC(C)(C)COCC(C)(C)CO/C(C)=C/C=C(\C)C=O)COc1ccc(C=O)cc1.